The van der Waals surface area contributed by atoms with Crippen LogP contribution in [0.1, 0.15) is 0 Å². The van der Waals surface area contributed by atoms with Crippen LogP contribution < -0.4 is 0 Å². The number of benzene rings is 7. The number of hydrogen-bond acceptors (Lipinski definition) is 4. The lowest BCUT2D eigenvalue weighted by Crippen LogP contribution is -2.02. The molecule has 49 heavy (non-hydrogen) atoms. The molecule has 0 spiro atoms. The van der Waals surface area contributed by atoms with E-state index in [2.05, 4.69) is 150 Å². The van der Waals surface area contributed by atoms with Crippen LogP contribution in [0.2, 0.25) is 0 Å². The molecule has 228 valence electrons. The molecule has 0 aliphatic carbocycles. The molecule has 5 heteroatoms. The van der Waals surface area contributed by atoms with Crippen molar-refractivity contribution in [2.75, 3.05) is 0 Å². The van der Waals surface area contributed by atoms with Crippen LogP contribution in [0.3, 0.4) is 0 Å². The van der Waals surface area contributed by atoms with Crippen molar-refractivity contribution in [2.45, 2.75) is 0 Å². The quantitative estimate of drug-likeness (QED) is 0.192. The third kappa shape index (κ3) is 3.79. The van der Waals surface area contributed by atoms with E-state index in [1.165, 1.54) is 21.2 Å². The van der Waals surface area contributed by atoms with Crippen LogP contribution in [-0.4, -0.2) is 14.5 Å². The molecule has 4 aromatic heterocycles. The van der Waals surface area contributed by atoms with Crippen molar-refractivity contribution >= 4 is 86.2 Å². The minimum absolute atomic E-state index is 0.647. The van der Waals surface area contributed by atoms with Gasteiger partial charge in [-0.15, -0.1) is 11.3 Å². The van der Waals surface area contributed by atoms with E-state index in [1.807, 2.05) is 6.07 Å². The molecule has 0 saturated heterocycles. The lowest BCUT2D eigenvalue weighted by atomic mass is 9.95. The first-order chi connectivity index (χ1) is 24.3. The van der Waals surface area contributed by atoms with Gasteiger partial charge in [0.25, 0.3) is 0 Å². The first-order valence-electron chi connectivity index (χ1n) is 16.4. The van der Waals surface area contributed by atoms with Gasteiger partial charge < -0.3 is 4.42 Å². The molecular formula is C44H25N3OS. The summed E-state index contributed by atoms with van der Waals surface area (Å²) in [6, 6.07) is 53.4. The van der Waals surface area contributed by atoms with Gasteiger partial charge in [0.1, 0.15) is 11.2 Å². The Balaban J connectivity index is 1.26. The first-order valence-corrected chi connectivity index (χ1v) is 17.2. The van der Waals surface area contributed by atoms with Gasteiger partial charge in [-0.1, -0.05) is 121 Å². The Morgan fingerprint density at radius 3 is 1.96 bits per heavy atom. The van der Waals surface area contributed by atoms with Crippen LogP contribution in [0.5, 0.6) is 0 Å². The van der Waals surface area contributed by atoms with E-state index in [0.717, 1.165) is 76.0 Å². The van der Waals surface area contributed by atoms with Gasteiger partial charge in [0.05, 0.1) is 32.3 Å². The van der Waals surface area contributed by atoms with Gasteiger partial charge in [-0.25, -0.2) is 9.97 Å². The summed E-state index contributed by atoms with van der Waals surface area (Å²) in [5, 5.41) is 7.81. The van der Waals surface area contributed by atoms with Crippen molar-refractivity contribution in [3.63, 3.8) is 0 Å². The zero-order chi connectivity index (χ0) is 32.1. The summed E-state index contributed by atoms with van der Waals surface area (Å²) in [6.07, 6.45) is 0. The highest BCUT2D eigenvalue weighted by molar-refractivity contribution is 7.26. The second-order valence-corrected chi connectivity index (χ2v) is 13.6. The molecule has 11 aromatic rings. The summed E-state index contributed by atoms with van der Waals surface area (Å²) in [6.45, 7) is 0. The highest BCUT2D eigenvalue weighted by Crippen LogP contribution is 2.45. The van der Waals surface area contributed by atoms with E-state index >= 15 is 0 Å². The Bertz CT molecular complexity index is 3100. The van der Waals surface area contributed by atoms with E-state index < -0.39 is 0 Å². The number of rotatable bonds is 3. The summed E-state index contributed by atoms with van der Waals surface area (Å²) in [5.41, 5.74) is 9.21. The van der Waals surface area contributed by atoms with E-state index in [9.17, 15) is 0 Å². The molecular weight excluding hydrogens is 619 g/mol. The van der Waals surface area contributed by atoms with E-state index in [1.54, 1.807) is 11.3 Å². The van der Waals surface area contributed by atoms with Gasteiger partial charge in [-0.05, 0) is 46.8 Å². The zero-order valence-corrected chi connectivity index (χ0v) is 26.9. The maximum atomic E-state index is 6.98. The Morgan fingerprint density at radius 2 is 1.14 bits per heavy atom. The number of para-hydroxylation sites is 1. The number of nitrogens with zero attached hydrogens (tertiary/aromatic N) is 3. The molecule has 0 unspecified atom stereocenters. The van der Waals surface area contributed by atoms with Gasteiger partial charge in [0.15, 0.2) is 0 Å². The number of aromatic nitrogens is 3. The molecule has 0 atom stereocenters. The van der Waals surface area contributed by atoms with Crippen molar-refractivity contribution in [2.24, 2.45) is 0 Å². The molecule has 11 rings (SSSR count). The van der Waals surface area contributed by atoms with Crippen molar-refractivity contribution in [3.05, 3.63) is 152 Å². The van der Waals surface area contributed by atoms with E-state index in [4.69, 9.17) is 14.4 Å². The van der Waals surface area contributed by atoms with Gasteiger partial charge in [-0.3, -0.25) is 4.57 Å². The Kier molecular flexibility index (Phi) is 5.51. The molecule has 0 radical (unpaired) electrons. The van der Waals surface area contributed by atoms with Crippen LogP contribution >= 0.6 is 11.3 Å². The topological polar surface area (TPSA) is 43.9 Å². The molecule has 4 nitrogen and oxygen atoms in total. The number of fused-ring (bicyclic) bond motifs is 12. The fourth-order valence-corrected chi connectivity index (χ4v) is 8.80. The molecule has 0 saturated carbocycles. The lowest BCUT2D eigenvalue weighted by molar-refractivity contribution is 0.676. The molecule has 7 aromatic carbocycles. The molecule has 0 amide bonds. The minimum atomic E-state index is 0.647. The maximum Gasteiger partial charge on any atom is 0.235 e. The zero-order valence-electron chi connectivity index (χ0n) is 26.1. The van der Waals surface area contributed by atoms with E-state index in [0.29, 0.717) is 5.95 Å². The smallest absolute Gasteiger partial charge is 0.235 e. The fourth-order valence-electron chi connectivity index (χ4n) is 7.65. The highest BCUT2D eigenvalue weighted by Gasteiger charge is 2.23. The molecule has 0 N–H and O–H groups in total. The largest absolute Gasteiger partial charge is 0.455 e. The standard InChI is InChI=1S/C44H25N3OS/c1-3-13-26(14-4-1)33-25-34-30-23-24-36-38(42(30)48-41(34)29-18-8-7-17-28(29)33)31-19-9-11-21-35(31)47(36)44-45-39(27-15-5-2-6-16-27)43-40(46-44)32-20-10-12-22-37(32)49-43/h1-25H. The van der Waals surface area contributed by atoms with Gasteiger partial charge >= 0.3 is 0 Å². The van der Waals surface area contributed by atoms with Gasteiger partial charge in [0.2, 0.25) is 5.95 Å². The Morgan fingerprint density at radius 1 is 0.490 bits per heavy atom. The van der Waals surface area contributed by atoms with Crippen molar-refractivity contribution in [1.82, 2.24) is 14.5 Å². The highest BCUT2D eigenvalue weighted by atomic mass is 32.1. The van der Waals surface area contributed by atoms with Crippen LogP contribution in [0, 0.1) is 0 Å². The second kappa shape index (κ2) is 10.1. The van der Waals surface area contributed by atoms with Crippen LogP contribution in [0.25, 0.3) is 103 Å². The summed E-state index contributed by atoms with van der Waals surface area (Å²) in [7, 11) is 0. The monoisotopic (exact) mass is 643 g/mol. The maximum absolute atomic E-state index is 6.98. The Hall–Kier alpha value is -6.30. The van der Waals surface area contributed by atoms with Crippen molar-refractivity contribution < 1.29 is 4.42 Å². The lowest BCUT2D eigenvalue weighted by Gasteiger charge is -2.10. The molecule has 4 heterocycles. The van der Waals surface area contributed by atoms with Gasteiger partial charge in [-0.2, -0.15) is 0 Å². The van der Waals surface area contributed by atoms with E-state index in [-0.39, 0.29) is 0 Å². The minimum Gasteiger partial charge on any atom is -0.455 e. The van der Waals surface area contributed by atoms with Gasteiger partial charge in [0, 0.05) is 37.2 Å². The third-order valence-electron chi connectivity index (χ3n) is 9.82. The number of furan rings is 1. The molecule has 0 aliphatic rings. The van der Waals surface area contributed by atoms with Crippen LogP contribution in [0.15, 0.2) is 156 Å². The normalized spacial score (nSPS) is 12.1. The van der Waals surface area contributed by atoms with Crippen LogP contribution in [-0.2, 0) is 0 Å². The predicted octanol–water partition coefficient (Wildman–Crippen LogP) is 12.3. The number of hydrogen-bond donors (Lipinski definition) is 0. The average Bonchev–Trinajstić information content (AvgIpc) is 3.84. The summed E-state index contributed by atoms with van der Waals surface area (Å²) in [4.78, 5) is 10.7. The SMILES string of the molecule is c1ccc(-c2cc3c4ccc5c(c6ccccc6n5-c5nc(-c6ccccc6)c6sc7ccccc7c6n5)c4oc3c3ccccc23)cc1. The Labute approximate surface area is 284 Å². The number of thiophene rings is 1. The van der Waals surface area contributed by atoms with Crippen molar-refractivity contribution in [1.29, 1.82) is 0 Å². The average molecular weight is 644 g/mol. The summed E-state index contributed by atoms with van der Waals surface area (Å²) < 4.78 is 11.5. The third-order valence-corrected chi connectivity index (χ3v) is 11.0. The molecule has 0 aliphatic heterocycles. The first kappa shape index (κ1) is 26.7. The predicted molar refractivity (Wildman–Crippen MR) is 205 cm³/mol. The molecule has 0 fully saturated rings. The molecule has 0 bridgehead atoms. The van der Waals surface area contributed by atoms with Crippen LogP contribution in [0.4, 0.5) is 0 Å². The second-order valence-electron chi connectivity index (χ2n) is 12.5. The summed E-state index contributed by atoms with van der Waals surface area (Å²) in [5.74, 6) is 0.647. The summed E-state index contributed by atoms with van der Waals surface area (Å²) >= 11 is 1.75. The fraction of sp³-hybridized carbons (Fsp3) is 0. The van der Waals surface area contributed by atoms with Crippen molar-refractivity contribution in [3.8, 4) is 28.3 Å².